The molecule has 0 saturated heterocycles. The monoisotopic (exact) mass is 217 g/mol. The Bertz CT molecular complexity index is 368. The van der Waals surface area contributed by atoms with Crippen molar-refractivity contribution in [3.8, 4) is 0 Å². The fraction of sp³-hybridized carbons (Fsp3) is 0.333. The van der Waals surface area contributed by atoms with Gasteiger partial charge in [0.05, 0.1) is 0 Å². The van der Waals surface area contributed by atoms with Crippen molar-refractivity contribution in [2.24, 2.45) is 0 Å². The van der Waals surface area contributed by atoms with Crippen molar-refractivity contribution in [1.82, 2.24) is 15.2 Å². The van der Waals surface area contributed by atoms with Gasteiger partial charge in [0.2, 0.25) is 0 Å². The van der Waals surface area contributed by atoms with Crippen molar-refractivity contribution in [3.63, 3.8) is 0 Å². The van der Waals surface area contributed by atoms with Gasteiger partial charge in [0.1, 0.15) is 6.33 Å². The number of hydrogen-bond donors (Lipinski definition) is 1. The van der Waals surface area contributed by atoms with Crippen molar-refractivity contribution >= 4 is 10.1 Å². The summed E-state index contributed by atoms with van der Waals surface area (Å²) in [6, 6.07) is 0. The lowest BCUT2D eigenvalue weighted by atomic mass is 11.3. The number of H-pyrrole nitrogens is 1. The molecule has 10 heteroatoms. The zero-order valence-electron chi connectivity index (χ0n) is 5.74. The first kappa shape index (κ1) is 9.92. The zero-order chi connectivity index (χ0) is 10.1. The fourth-order valence-corrected chi connectivity index (χ4v) is 1.15. The average Bonchev–Trinajstić information content (AvgIpc) is 2.29. The summed E-state index contributed by atoms with van der Waals surface area (Å²) in [5.41, 5.74) is 0. The molecular weight excluding hydrogens is 215 g/mol. The highest BCUT2D eigenvalue weighted by Gasteiger charge is 2.39. The third-order valence-electron chi connectivity index (χ3n) is 0.834. The quantitative estimate of drug-likeness (QED) is 0.706. The number of halogens is 3. The van der Waals surface area contributed by atoms with Crippen LogP contribution in [0.3, 0.4) is 0 Å². The molecule has 0 amide bonds. The Morgan fingerprint density at radius 2 is 2.08 bits per heavy atom. The number of alkyl halides is 3. The van der Waals surface area contributed by atoms with Crippen LogP contribution in [0.2, 0.25) is 0 Å². The first-order chi connectivity index (χ1) is 5.81. The molecule has 0 aliphatic rings. The van der Waals surface area contributed by atoms with Crippen LogP contribution in [0, 0.1) is 0 Å². The van der Waals surface area contributed by atoms with Crippen LogP contribution in [0.5, 0.6) is 0 Å². The largest absolute Gasteiger partial charge is 0.537 e. The second-order valence-electron chi connectivity index (χ2n) is 1.77. The maximum atomic E-state index is 11.5. The lowest BCUT2D eigenvalue weighted by molar-refractivity contribution is -0.272. The van der Waals surface area contributed by atoms with Crippen molar-refractivity contribution in [1.29, 1.82) is 0 Å². The van der Waals surface area contributed by atoms with E-state index in [2.05, 4.69) is 14.3 Å². The lowest BCUT2D eigenvalue weighted by Gasteiger charge is -2.04. The van der Waals surface area contributed by atoms with E-state index in [1.165, 1.54) is 0 Å². The minimum Gasteiger partial charge on any atom is -0.248 e. The summed E-state index contributed by atoms with van der Waals surface area (Å²) in [4.78, 5) is 2.99. The molecule has 1 rings (SSSR count). The minimum absolute atomic E-state index is 0.743. The second kappa shape index (κ2) is 2.96. The predicted molar refractivity (Wildman–Crippen MR) is 30.7 cm³/mol. The van der Waals surface area contributed by atoms with Gasteiger partial charge >= 0.3 is 16.5 Å². The SMILES string of the molecule is O=S(=O)(OC(F)(F)F)c1ncn[nH]1. The molecule has 0 radical (unpaired) electrons. The first-order valence-electron chi connectivity index (χ1n) is 2.69. The van der Waals surface area contributed by atoms with Crippen molar-refractivity contribution in [2.45, 2.75) is 11.5 Å². The summed E-state index contributed by atoms with van der Waals surface area (Å²) < 4.78 is 58.5. The van der Waals surface area contributed by atoms with Gasteiger partial charge in [-0.2, -0.15) is 17.7 Å². The summed E-state index contributed by atoms with van der Waals surface area (Å²) in [6.07, 6.45) is -4.53. The number of aromatic amines is 1. The standard InChI is InChI=1S/C3H2F3N3O3S/c4-3(5,6)12-13(10,11)2-7-1-8-9-2/h1H,(H,7,8,9). The first-order valence-corrected chi connectivity index (χ1v) is 4.10. The van der Waals surface area contributed by atoms with Crippen LogP contribution in [0.25, 0.3) is 0 Å². The number of nitrogens with zero attached hydrogens (tertiary/aromatic N) is 2. The van der Waals surface area contributed by atoms with Crippen LogP contribution in [-0.4, -0.2) is 30.0 Å². The molecule has 1 aromatic rings. The molecule has 0 fully saturated rings. The van der Waals surface area contributed by atoms with Crippen molar-refractivity contribution in [3.05, 3.63) is 6.33 Å². The van der Waals surface area contributed by atoms with Gasteiger partial charge in [-0.1, -0.05) is 0 Å². The van der Waals surface area contributed by atoms with Crippen LogP contribution in [0.15, 0.2) is 11.5 Å². The summed E-state index contributed by atoms with van der Waals surface area (Å²) in [7, 11) is -4.93. The van der Waals surface area contributed by atoms with Crippen LogP contribution in [0.1, 0.15) is 0 Å². The molecule has 1 aromatic heterocycles. The summed E-state index contributed by atoms with van der Waals surface area (Å²) in [5.74, 6) is 0. The Morgan fingerprint density at radius 3 is 2.46 bits per heavy atom. The molecule has 0 saturated carbocycles. The van der Waals surface area contributed by atoms with E-state index < -0.39 is 21.6 Å². The van der Waals surface area contributed by atoms with E-state index in [0.29, 0.717) is 0 Å². The van der Waals surface area contributed by atoms with Gasteiger partial charge in [-0.05, 0) is 0 Å². The molecule has 0 unspecified atom stereocenters. The van der Waals surface area contributed by atoms with Gasteiger partial charge in [0.25, 0.3) is 5.16 Å². The highest BCUT2D eigenvalue weighted by Crippen LogP contribution is 2.21. The zero-order valence-corrected chi connectivity index (χ0v) is 6.56. The van der Waals surface area contributed by atoms with E-state index in [1.807, 2.05) is 0 Å². The van der Waals surface area contributed by atoms with Crippen LogP contribution >= 0.6 is 0 Å². The number of rotatable bonds is 2. The average molecular weight is 217 g/mol. The smallest absolute Gasteiger partial charge is 0.248 e. The van der Waals surface area contributed by atoms with Crippen molar-refractivity contribution < 1.29 is 25.8 Å². The van der Waals surface area contributed by atoms with Gasteiger partial charge in [0.15, 0.2) is 0 Å². The highest BCUT2D eigenvalue weighted by atomic mass is 32.2. The van der Waals surface area contributed by atoms with Gasteiger partial charge in [0, 0.05) is 0 Å². The van der Waals surface area contributed by atoms with Gasteiger partial charge in [-0.15, -0.1) is 13.2 Å². The van der Waals surface area contributed by atoms with Gasteiger partial charge in [-0.25, -0.2) is 10.1 Å². The van der Waals surface area contributed by atoms with E-state index in [0.717, 1.165) is 6.33 Å². The topological polar surface area (TPSA) is 84.9 Å². The second-order valence-corrected chi connectivity index (χ2v) is 3.24. The summed E-state index contributed by atoms with van der Waals surface area (Å²) in [6.45, 7) is 0. The Morgan fingerprint density at radius 1 is 1.46 bits per heavy atom. The molecule has 0 spiro atoms. The molecule has 1 heterocycles. The van der Waals surface area contributed by atoms with Crippen LogP contribution in [0.4, 0.5) is 13.2 Å². The van der Waals surface area contributed by atoms with E-state index >= 15 is 0 Å². The van der Waals surface area contributed by atoms with Crippen molar-refractivity contribution in [2.75, 3.05) is 0 Å². The Kier molecular flexibility index (Phi) is 2.26. The molecular formula is C3H2F3N3O3S. The third-order valence-corrected chi connectivity index (χ3v) is 1.91. The third kappa shape index (κ3) is 2.66. The lowest BCUT2D eigenvalue weighted by Crippen LogP contribution is -2.20. The Labute approximate surface area is 69.9 Å². The molecule has 0 atom stereocenters. The van der Waals surface area contributed by atoms with Crippen LogP contribution < -0.4 is 0 Å². The number of nitrogens with one attached hydrogen (secondary N) is 1. The molecule has 0 aromatic carbocycles. The van der Waals surface area contributed by atoms with Crippen LogP contribution in [-0.2, 0) is 14.3 Å². The Hall–Kier alpha value is -1.16. The molecule has 74 valence electrons. The minimum atomic E-state index is -5.27. The fourth-order valence-electron chi connectivity index (χ4n) is 0.479. The molecule has 0 aliphatic carbocycles. The molecule has 13 heavy (non-hydrogen) atoms. The van der Waals surface area contributed by atoms with Gasteiger partial charge in [-0.3, -0.25) is 0 Å². The summed E-state index contributed by atoms with van der Waals surface area (Å²) in [5, 5.41) is 3.79. The molecule has 1 N–H and O–H groups in total. The normalized spacial score (nSPS) is 13.2. The van der Waals surface area contributed by atoms with E-state index in [1.54, 1.807) is 5.10 Å². The molecule has 6 nitrogen and oxygen atoms in total. The van der Waals surface area contributed by atoms with E-state index in [9.17, 15) is 21.6 Å². The predicted octanol–water partition coefficient (Wildman–Crippen LogP) is 0.0298. The highest BCUT2D eigenvalue weighted by molar-refractivity contribution is 7.86. The Balaban J connectivity index is 2.93. The molecule has 0 aliphatic heterocycles. The van der Waals surface area contributed by atoms with E-state index in [4.69, 9.17) is 0 Å². The number of aromatic nitrogens is 3. The maximum Gasteiger partial charge on any atom is 0.537 e. The molecule has 0 bridgehead atoms. The van der Waals surface area contributed by atoms with Gasteiger partial charge < -0.3 is 0 Å². The summed E-state index contributed by atoms with van der Waals surface area (Å²) >= 11 is 0. The maximum absolute atomic E-state index is 11.5. The van der Waals surface area contributed by atoms with E-state index in [-0.39, 0.29) is 0 Å². The number of hydrogen-bond acceptors (Lipinski definition) is 5.